The number of ether oxygens (including phenoxy) is 1. The summed E-state index contributed by atoms with van der Waals surface area (Å²) in [6.07, 6.45) is 1.43. The number of carbonyl (C=O) groups excluding carboxylic acids is 1. The van der Waals surface area contributed by atoms with E-state index in [1.807, 2.05) is 30.3 Å². The van der Waals surface area contributed by atoms with Crippen LogP contribution in [0.1, 0.15) is 5.69 Å². The Labute approximate surface area is 175 Å². The number of methoxy groups -OCH3 is 1. The maximum Gasteiger partial charge on any atom is 0.266 e. The fourth-order valence-corrected chi connectivity index (χ4v) is 3.55. The van der Waals surface area contributed by atoms with Gasteiger partial charge in [0.1, 0.15) is 22.4 Å². The Balaban J connectivity index is 1.81. The van der Waals surface area contributed by atoms with E-state index < -0.39 is 5.91 Å². The second-order valence-corrected chi connectivity index (χ2v) is 7.26. The van der Waals surface area contributed by atoms with Crippen molar-refractivity contribution in [2.75, 3.05) is 12.4 Å². The predicted molar refractivity (Wildman–Crippen MR) is 113 cm³/mol. The summed E-state index contributed by atoms with van der Waals surface area (Å²) >= 11 is 13.3. The molecule has 1 aromatic heterocycles. The van der Waals surface area contributed by atoms with Crippen LogP contribution in [0.15, 0.2) is 53.4 Å². The van der Waals surface area contributed by atoms with E-state index in [-0.39, 0.29) is 10.6 Å². The molecule has 1 heterocycles. The van der Waals surface area contributed by atoms with Gasteiger partial charge in [-0.1, -0.05) is 35.3 Å². The Hall–Kier alpha value is -2.85. The van der Waals surface area contributed by atoms with E-state index in [0.29, 0.717) is 16.4 Å². The Kier molecular flexibility index (Phi) is 6.32. The summed E-state index contributed by atoms with van der Waals surface area (Å²) in [5.41, 5.74) is 1.68. The van der Waals surface area contributed by atoms with Crippen molar-refractivity contribution in [1.82, 2.24) is 4.98 Å². The van der Waals surface area contributed by atoms with Gasteiger partial charge in [-0.25, -0.2) is 4.98 Å². The molecule has 0 aliphatic rings. The van der Waals surface area contributed by atoms with Crippen LogP contribution in [-0.2, 0) is 4.79 Å². The lowest BCUT2D eigenvalue weighted by molar-refractivity contribution is -0.112. The van der Waals surface area contributed by atoms with Gasteiger partial charge in [0, 0.05) is 16.0 Å². The SMILES string of the molecule is COc1cccc(-c2nc(/C=C(\C#N)C(=O)Nc3ccc(Cl)cc3Cl)cs2)c1. The molecule has 0 fully saturated rings. The molecule has 0 saturated heterocycles. The zero-order valence-electron chi connectivity index (χ0n) is 14.6. The van der Waals surface area contributed by atoms with Crippen molar-refractivity contribution in [1.29, 1.82) is 5.26 Å². The summed E-state index contributed by atoms with van der Waals surface area (Å²) in [4.78, 5) is 16.9. The standard InChI is InChI=1S/C20H13Cl2N3O2S/c1-27-16-4-2-3-12(8-16)20-24-15(11-28-20)7-13(10-23)19(26)25-18-6-5-14(21)9-17(18)22/h2-9,11H,1H3,(H,25,26)/b13-7+. The number of thiazole rings is 1. The van der Waals surface area contributed by atoms with Gasteiger partial charge in [-0.3, -0.25) is 4.79 Å². The number of nitrogens with zero attached hydrogens (tertiary/aromatic N) is 2. The highest BCUT2D eigenvalue weighted by Crippen LogP contribution is 2.28. The summed E-state index contributed by atoms with van der Waals surface area (Å²) in [5.74, 6) is 0.143. The molecule has 0 unspecified atom stereocenters. The number of halogens is 2. The van der Waals surface area contributed by atoms with Crippen LogP contribution in [-0.4, -0.2) is 18.0 Å². The topological polar surface area (TPSA) is 75.0 Å². The molecule has 1 N–H and O–H groups in total. The molecule has 0 aliphatic carbocycles. The second-order valence-electron chi connectivity index (χ2n) is 5.56. The molecule has 28 heavy (non-hydrogen) atoms. The smallest absolute Gasteiger partial charge is 0.266 e. The molecule has 2 aromatic carbocycles. The number of hydrogen-bond acceptors (Lipinski definition) is 5. The van der Waals surface area contributed by atoms with Crippen molar-refractivity contribution < 1.29 is 9.53 Å². The zero-order valence-corrected chi connectivity index (χ0v) is 16.9. The van der Waals surface area contributed by atoms with Gasteiger partial charge in [-0.05, 0) is 36.4 Å². The van der Waals surface area contributed by atoms with Gasteiger partial charge in [-0.2, -0.15) is 5.26 Å². The van der Waals surface area contributed by atoms with Gasteiger partial charge >= 0.3 is 0 Å². The summed E-state index contributed by atoms with van der Waals surface area (Å²) in [6.45, 7) is 0. The number of benzene rings is 2. The molecule has 140 valence electrons. The highest BCUT2D eigenvalue weighted by molar-refractivity contribution is 7.13. The first-order chi connectivity index (χ1) is 13.5. The number of nitrogens with one attached hydrogen (secondary N) is 1. The van der Waals surface area contributed by atoms with Crippen molar-refractivity contribution >= 4 is 52.2 Å². The summed E-state index contributed by atoms with van der Waals surface area (Å²) in [5, 5.41) is 15.2. The first kappa shape index (κ1) is 19.9. The number of carbonyl (C=O) groups is 1. The van der Waals surface area contributed by atoms with Crippen molar-refractivity contribution in [2.45, 2.75) is 0 Å². The van der Waals surface area contributed by atoms with Crippen LogP contribution in [0.2, 0.25) is 10.0 Å². The van der Waals surface area contributed by atoms with E-state index in [4.69, 9.17) is 27.9 Å². The molecule has 3 aromatic rings. The van der Waals surface area contributed by atoms with Crippen LogP contribution >= 0.6 is 34.5 Å². The number of anilines is 1. The third-order valence-electron chi connectivity index (χ3n) is 3.68. The Morgan fingerprint density at radius 3 is 2.82 bits per heavy atom. The highest BCUT2D eigenvalue weighted by Gasteiger charge is 2.13. The van der Waals surface area contributed by atoms with Crippen LogP contribution in [0.4, 0.5) is 5.69 Å². The highest BCUT2D eigenvalue weighted by atomic mass is 35.5. The molecule has 0 radical (unpaired) electrons. The van der Waals surface area contributed by atoms with E-state index in [0.717, 1.165) is 16.3 Å². The minimum absolute atomic E-state index is 0.0893. The Morgan fingerprint density at radius 2 is 2.11 bits per heavy atom. The lowest BCUT2D eigenvalue weighted by Crippen LogP contribution is -2.13. The van der Waals surface area contributed by atoms with Gasteiger partial charge in [0.05, 0.1) is 23.5 Å². The normalized spacial score (nSPS) is 11.0. The quantitative estimate of drug-likeness (QED) is 0.418. The third kappa shape index (κ3) is 4.70. The molecule has 3 rings (SSSR count). The minimum Gasteiger partial charge on any atom is -0.497 e. The fourth-order valence-electron chi connectivity index (χ4n) is 2.32. The van der Waals surface area contributed by atoms with E-state index in [9.17, 15) is 10.1 Å². The molecule has 0 atom stereocenters. The van der Waals surface area contributed by atoms with E-state index >= 15 is 0 Å². The van der Waals surface area contributed by atoms with Crippen LogP contribution in [0, 0.1) is 11.3 Å². The number of rotatable bonds is 5. The number of amides is 1. The first-order valence-corrected chi connectivity index (χ1v) is 9.62. The lowest BCUT2D eigenvalue weighted by atomic mass is 10.2. The lowest BCUT2D eigenvalue weighted by Gasteiger charge is -2.06. The molecule has 0 bridgehead atoms. The Bertz CT molecular complexity index is 1100. The molecule has 0 aliphatic heterocycles. The van der Waals surface area contributed by atoms with Crippen molar-refractivity contribution in [2.24, 2.45) is 0 Å². The van der Waals surface area contributed by atoms with Crippen molar-refractivity contribution in [3.8, 4) is 22.4 Å². The van der Waals surface area contributed by atoms with Gasteiger partial charge in [0.2, 0.25) is 0 Å². The van der Waals surface area contributed by atoms with E-state index in [1.165, 1.54) is 23.5 Å². The van der Waals surface area contributed by atoms with Crippen molar-refractivity contribution in [3.63, 3.8) is 0 Å². The average Bonchev–Trinajstić information content (AvgIpc) is 3.17. The molecule has 1 amide bonds. The number of hydrogen-bond donors (Lipinski definition) is 1. The van der Waals surface area contributed by atoms with Crippen molar-refractivity contribution in [3.05, 3.63) is 69.2 Å². The largest absolute Gasteiger partial charge is 0.497 e. The minimum atomic E-state index is -0.581. The van der Waals surface area contributed by atoms with E-state index in [2.05, 4.69) is 10.3 Å². The maximum absolute atomic E-state index is 12.4. The van der Waals surface area contributed by atoms with Gasteiger partial charge in [0.25, 0.3) is 5.91 Å². The predicted octanol–water partition coefficient (Wildman–Crippen LogP) is 5.67. The van der Waals surface area contributed by atoms with E-state index in [1.54, 1.807) is 24.6 Å². The van der Waals surface area contributed by atoms with Gasteiger partial charge in [-0.15, -0.1) is 11.3 Å². The van der Waals surface area contributed by atoms with Crippen LogP contribution in [0.5, 0.6) is 5.75 Å². The van der Waals surface area contributed by atoms with Crippen LogP contribution < -0.4 is 10.1 Å². The summed E-state index contributed by atoms with van der Waals surface area (Å²) in [6, 6.07) is 14.1. The fraction of sp³-hybridized carbons (Fsp3) is 0.0500. The first-order valence-electron chi connectivity index (χ1n) is 7.98. The third-order valence-corrected chi connectivity index (χ3v) is 5.13. The summed E-state index contributed by atoms with van der Waals surface area (Å²) < 4.78 is 5.22. The maximum atomic E-state index is 12.4. The molecule has 5 nitrogen and oxygen atoms in total. The Morgan fingerprint density at radius 1 is 1.29 bits per heavy atom. The molecule has 0 saturated carbocycles. The van der Waals surface area contributed by atoms with Crippen LogP contribution in [0.3, 0.4) is 0 Å². The second kappa shape index (κ2) is 8.89. The monoisotopic (exact) mass is 429 g/mol. The van der Waals surface area contributed by atoms with Gasteiger partial charge < -0.3 is 10.1 Å². The zero-order chi connectivity index (χ0) is 20.1. The van der Waals surface area contributed by atoms with Gasteiger partial charge in [0.15, 0.2) is 0 Å². The van der Waals surface area contributed by atoms with Crippen LogP contribution in [0.25, 0.3) is 16.6 Å². The average molecular weight is 430 g/mol. The number of aromatic nitrogens is 1. The summed E-state index contributed by atoms with van der Waals surface area (Å²) in [7, 11) is 1.60. The molecule has 0 spiro atoms. The molecular formula is C20H13Cl2N3O2S. The number of nitriles is 1. The molecule has 8 heteroatoms. The molecular weight excluding hydrogens is 417 g/mol.